The zero-order valence-electron chi connectivity index (χ0n) is 20.8. The van der Waals surface area contributed by atoms with E-state index in [1.807, 2.05) is 32.0 Å². The maximum Gasteiger partial charge on any atom is 0.218 e. The molecule has 1 unspecified atom stereocenters. The number of fused-ring (bicyclic) bond motifs is 1. The topological polar surface area (TPSA) is 85.9 Å². The number of rotatable bonds is 6. The molecule has 7 nitrogen and oxygen atoms in total. The van der Waals surface area contributed by atoms with Gasteiger partial charge in [0.05, 0.1) is 29.5 Å². The third-order valence-corrected chi connectivity index (χ3v) is 7.02. The number of methoxy groups -OCH3 is 1. The summed E-state index contributed by atoms with van der Waals surface area (Å²) in [4.78, 5) is 9.25. The Morgan fingerprint density at radius 2 is 1.81 bits per heavy atom. The highest BCUT2D eigenvalue weighted by atomic mass is 35.5. The van der Waals surface area contributed by atoms with Crippen LogP contribution >= 0.6 is 11.6 Å². The molecular weight excluding hydrogens is 493 g/mol. The van der Waals surface area contributed by atoms with Crippen LogP contribution in [0.5, 0.6) is 5.88 Å². The molecule has 1 N–H and O–H groups in total. The molecule has 2 aromatic carbocycles. The van der Waals surface area contributed by atoms with Crippen molar-refractivity contribution in [3.63, 3.8) is 0 Å². The summed E-state index contributed by atoms with van der Waals surface area (Å²) in [7, 11) is 3.26. The van der Waals surface area contributed by atoms with E-state index in [4.69, 9.17) is 16.3 Å². The van der Waals surface area contributed by atoms with Crippen molar-refractivity contribution in [3.05, 3.63) is 111 Å². The molecule has 188 valence electrons. The van der Waals surface area contributed by atoms with Gasteiger partial charge < -0.3 is 9.84 Å². The first-order valence-corrected chi connectivity index (χ1v) is 12.0. The van der Waals surface area contributed by atoms with E-state index < -0.39 is 5.60 Å². The van der Waals surface area contributed by atoms with Gasteiger partial charge in [-0.1, -0.05) is 41.1 Å². The van der Waals surface area contributed by atoms with Crippen LogP contribution in [0, 0.1) is 19.7 Å². The standard InChI is InChI=1S/C28H25ClFN5O2/c1-16-5-11-23(17(2)32-16)28(36,25-15-31-34-35(25)3)19-8-12-24-21(14-19)26(29)22(27(33-24)37-4)13-18-6-9-20(30)10-7-18/h5-12,14-15,36H,13H2,1-4H3. The Labute approximate surface area is 218 Å². The van der Waals surface area contributed by atoms with Gasteiger partial charge in [0.1, 0.15) is 5.82 Å². The van der Waals surface area contributed by atoms with Crippen LogP contribution in [0.25, 0.3) is 10.9 Å². The second kappa shape index (κ2) is 9.53. The molecule has 0 aliphatic rings. The number of aromatic nitrogens is 5. The molecule has 0 aliphatic carbocycles. The van der Waals surface area contributed by atoms with Crippen molar-refractivity contribution in [2.75, 3.05) is 7.11 Å². The maximum atomic E-state index is 13.4. The number of aryl methyl sites for hydroxylation is 3. The molecule has 0 radical (unpaired) electrons. The summed E-state index contributed by atoms with van der Waals surface area (Å²) in [5.74, 6) is 0.0761. The number of hydrogen-bond donors (Lipinski definition) is 1. The Balaban J connectivity index is 1.73. The number of aliphatic hydroxyl groups is 1. The monoisotopic (exact) mass is 517 g/mol. The molecule has 0 fully saturated rings. The van der Waals surface area contributed by atoms with Crippen molar-refractivity contribution in [1.82, 2.24) is 25.0 Å². The van der Waals surface area contributed by atoms with Crippen LogP contribution in [-0.4, -0.2) is 37.2 Å². The third kappa shape index (κ3) is 4.32. The first-order chi connectivity index (χ1) is 17.7. The summed E-state index contributed by atoms with van der Waals surface area (Å²) in [5.41, 5.74) is 3.68. The maximum absolute atomic E-state index is 13.4. The summed E-state index contributed by atoms with van der Waals surface area (Å²) in [6.07, 6.45) is 1.93. The molecule has 0 amide bonds. The van der Waals surface area contributed by atoms with Crippen LogP contribution in [0.3, 0.4) is 0 Å². The normalized spacial score (nSPS) is 13.1. The number of nitrogens with zero attached hydrogens (tertiary/aromatic N) is 5. The number of ether oxygens (including phenoxy) is 1. The summed E-state index contributed by atoms with van der Waals surface area (Å²) in [6.45, 7) is 3.76. The predicted molar refractivity (Wildman–Crippen MR) is 139 cm³/mol. The molecule has 3 heterocycles. The van der Waals surface area contributed by atoms with Gasteiger partial charge in [-0.3, -0.25) is 4.98 Å². The Kier molecular flexibility index (Phi) is 6.39. The summed E-state index contributed by atoms with van der Waals surface area (Å²) in [5, 5.41) is 21.5. The van der Waals surface area contributed by atoms with Crippen molar-refractivity contribution < 1.29 is 14.2 Å². The molecule has 0 spiro atoms. The Hall–Kier alpha value is -3.88. The zero-order chi connectivity index (χ0) is 26.3. The van der Waals surface area contributed by atoms with E-state index in [0.717, 1.165) is 11.3 Å². The van der Waals surface area contributed by atoms with Gasteiger partial charge in [0.25, 0.3) is 0 Å². The molecule has 37 heavy (non-hydrogen) atoms. The van der Waals surface area contributed by atoms with Gasteiger partial charge >= 0.3 is 0 Å². The molecule has 5 aromatic rings. The SMILES string of the molecule is COc1nc2ccc(C(O)(c3ccc(C)nc3C)c3cnnn3C)cc2c(Cl)c1Cc1ccc(F)cc1. The second-order valence-electron chi connectivity index (χ2n) is 8.99. The van der Waals surface area contributed by atoms with E-state index in [1.54, 1.807) is 31.3 Å². The van der Waals surface area contributed by atoms with Gasteiger partial charge in [-0.15, -0.1) is 5.10 Å². The molecule has 0 aliphatic heterocycles. The quantitative estimate of drug-likeness (QED) is 0.339. The second-order valence-corrected chi connectivity index (χ2v) is 9.37. The van der Waals surface area contributed by atoms with Crippen LogP contribution in [0.15, 0.2) is 60.8 Å². The molecule has 1 atom stereocenters. The van der Waals surface area contributed by atoms with Crippen molar-refractivity contribution in [2.24, 2.45) is 7.05 Å². The number of benzene rings is 2. The Bertz CT molecular complexity index is 1620. The van der Waals surface area contributed by atoms with Crippen molar-refractivity contribution in [2.45, 2.75) is 25.9 Å². The minimum atomic E-state index is -1.61. The van der Waals surface area contributed by atoms with Gasteiger partial charge in [-0.2, -0.15) is 0 Å². The van der Waals surface area contributed by atoms with Crippen molar-refractivity contribution in [3.8, 4) is 5.88 Å². The lowest BCUT2D eigenvalue weighted by Crippen LogP contribution is -2.32. The average molecular weight is 518 g/mol. The molecular formula is C28H25ClFN5O2. The lowest BCUT2D eigenvalue weighted by Gasteiger charge is -2.30. The van der Waals surface area contributed by atoms with Gasteiger partial charge in [0.15, 0.2) is 5.60 Å². The van der Waals surface area contributed by atoms with Crippen LogP contribution < -0.4 is 4.74 Å². The van der Waals surface area contributed by atoms with E-state index in [0.29, 0.717) is 56.3 Å². The number of hydrogen-bond acceptors (Lipinski definition) is 6. The van der Waals surface area contributed by atoms with Crippen LogP contribution in [-0.2, 0) is 19.1 Å². The fraction of sp³-hybridized carbons (Fsp3) is 0.214. The average Bonchev–Trinajstić information content (AvgIpc) is 3.32. The van der Waals surface area contributed by atoms with E-state index in [-0.39, 0.29) is 5.82 Å². The largest absolute Gasteiger partial charge is 0.481 e. The third-order valence-electron chi connectivity index (χ3n) is 6.58. The first kappa shape index (κ1) is 24.8. The predicted octanol–water partition coefficient (Wildman–Crippen LogP) is 5.05. The molecule has 0 bridgehead atoms. The van der Waals surface area contributed by atoms with Gasteiger partial charge in [0, 0.05) is 41.4 Å². The minimum Gasteiger partial charge on any atom is -0.481 e. The van der Waals surface area contributed by atoms with Crippen molar-refractivity contribution in [1.29, 1.82) is 0 Å². The highest BCUT2D eigenvalue weighted by molar-refractivity contribution is 6.36. The van der Waals surface area contributed by atoms with Gasteiger partial charge in [-0.25, -0.2) is 14.1 Å². The summed E-state index contributed by atoms with van der Waals surface area (Å²) in [6, 6.07) is 15.4. The highest BCUT2D eigenvalue weighted by Crippen LogP contribution is 2.41. The van der Waals surface area contributed by atoms with Crippen LogP contribution in [0.1, 0.15) is 39.3 Å². The Morgan fingerprint density at radius 3 is 2.46 bits per heavy atom. The number of pyridine rings is 2. The molecule has 0 saturated heterocycles. The number of halogens is 2. The summed E-state index contributed by atoms with van der Waals surface area (Å²) >= 11 is 6.97. The van der Waals surface area contributed by atoms with Crippen LogP contribution in [0.2, 0.25) is 5.02 Å². The summed E-state index contributed by atoms with van der Waals surface area (Å²) < 4.78 is 20.5. The van der Waals surface area contributed by atoms with Gasteiger partial charge in [-0.05, 0) is 55.3 Å². The van der Waals surface area contributed by atoms with E-state index in [9.17, 15) is 9.50 Å². The van der Waals surface area contributed by atoms with Crippen molar-refractivity contribution >= 4 is 22.5 Å². The van der Waals surface area contributed by atoms with Crippen LogP contribution in [0.4, 0.5) is 4.39 Å². The van der Waals surface area contributed by atoms with Gasteiger partial charge in [0.2, 0.25) is 5.88 Å². The lowest BCUT2D eigenvalue weighted by molar-refractivity contribution is 0.115. The zero-order valence-corrected chi connectivity index (χ0v) is 21.6. The fourth-order valence-corrected chi connectivity index (χ4v) is 5.02. The lowest BCUT2D eigenvalue weighted by atomic mass is 9.82. The first-order valence-electron chi connectivity index (χ1n) is 11.7. The van der Waals surface area contributed by atoms with E-state index in [1.165, 1.54) is 30.1 Å². The fourth-order valence-electron chi connectivity index (χ4n) is 4.72. The minimum absolute atomic E-state index is 0.312. The molecule has 5 rings (SSSR count). The Morgan fingerprint density at radius 1 is 1.05 bits per heavy atom. The van der Waals surface area contributed by atoms with E-state index in [2.05, 4.69) is 20.3 Å². The highest BCUT2D eigenvalue weighted by Gasteiger charge is 2.39. The molecule has 3 aromatic heterocycles. The van der Waals surface area contributed by atoms with E-state index >= 15 is 0 Å². The molecule has 9 heteroatoms. The molecule has 0 saturated carbocycles. The smallest absolute Gasteiger partial charge is 0.218 e.